The molecular formula is C38H42N4O5. The van der Waals surface area contributed by atoms with Crippen LogP contribution in [0.4, 0.5) is 10.5 Å². The second kappa shape index (κ2) is 12.9. The molecule has 3 aromatic carbocycles. The third kappa shape index (κ3) is 5.66. The summed E-state index contributed by atoms with van der Waals surface area (Å²) in [6.07, 6.45) is 6.75. The Bertz CT molecular complexity index is 1670. The number of benzene rings is 3. The predicted octanol–water partition coefficient (Wildman–Crippen LogP) is 5.57. The number of carboxylic acid groups (broad SMARTS) is 1. The Morgan fingerprint density at radius 2 is 1.32 bits per heavy atom. The van der Waals surface area contributed by atoms with Crippen molar-refractivity contribution in [2.45, 2.75) is 94.5 Å². The molecule has 3 heterocycles. The number of para-hydroxylation sites is 1. The molecule has 0 unspecified atom stereocenters. The Labute approximate surface area is 275 Å². The van der Waals surface area contributed by atoms with Crippen molar-refractivity contribution in [2.75, 3.05) is 11.9 Å². The fourth-order valence-electron chi connectivity index (χ4n) is 8.32. The van der Waals surface area contributed by atoms with Crippen LogP contribution < -0.4 is 4.90 Å². The van der Waals surface area contributed by atoms with Crippen molar-refractivity contribution >= 4 is 29.5 Å². The summed E-state index contributed by atoms with van der Waals surface area (Å²) in [5.41, 5.74) is 4.42. The molecule has 3 aromatic rings. The van der Waals surface area contributed by atoms with Gasteiger partial charge in [-0.3, -0.25) is 14.5 Å². The lowest BCUT2D eigenvalue weighted by Crippen LogP contribution is -2.59. The number of carbonyl (C=O) groups excluding carboxylic acids is 3. The standard InChI is InChI=1S/C38H42N4O5/c1-39(29-17-6-3-7-18-29)38(47)42-30-19-11-10-15-27(30)23-33(42)36(44)41-31(25-12-4-2-5-13-25)20-21-32(41)35(43)40-24-28-16-9-8-14-26(28)22-34(40)37(45)46/h2,4-5,8-16,19,29,31-34H,3,6-7,17-18,20-24H2,1H3,(H,45,46)/t31-,32+,33+,34+/m0/s1. The number of amides is 4. The number of urea groups is 1. The molecule has 0 radical (unpaired) electrons. The van der Waals surface area contributed by atoms with Crippen molar-refractivity contribution in [1.29, 1.82) is 0 Å². The van der Waals surface area contributed by atoms with Crippen LogP contribution in [-0.2, 0) is 33.8 Å². The summed E-state index contributed by atoms with van der Waals surface area (Å²) in [6.45, 7) is 0.173. The van der Waals surface area contributed by atoms with Gasteiger partial charge in [0.2, 0.25) is 11.8 Å². The average Bonchev–Trinajstić information content (AvgIpc) is 3.73. The summed E-state index contributed by atoms with van der Waals surface area (Å²) in [6, 6.07) is 21.9. The fourth-order valence-corrected chi connectivity index (χ4v) is 8.32. The van der Waals surface area contributed by atoms with Crippen molar-refractivity contribution in [3.05, 3.63) is 101 Å². The number of anilines is 1. The maximum Gasteiger partial charge on any atom is 0.326 e. The number of carboxylic acids is 1. The van der Waals surface area contributed by atoms with Gasteiger partial charge in [-0.1, -0.05) is 92.1 Å². The Morgan fingerprint density at radius 3 is 2.04 bits per heavy atom. The molecule has 244 valence electrons. The van der Waals surface area contributed by atoms with Gasteiger partial charge in [-0.05, 0) is 54.0 Å². The molecule has 0 spiro atoms. The molecule has 47 heavy (non-hydrogen) atoms. The Hall–Kier alpha value is -4.66. The van der Waals surface area contributed by atoms with E-state index in [1.54, 1.807) is 9.80 Å². The minimum Gasteiger partial charge on any atom is -0.480 e. The first-order valence-corrected chi connectivity index (χ1v) is 16.9. The molecular weight excluding hydrogens is 592 g/mol. The van der Waals surface area contributed by atoms with E-state index in [0.29, 0.717) is 19.3 Å². The molecule has 2 fully saturated rings. The molecule has 4 aliphatic rings. The molecule has 9 nitrogen and oxygen atoms in total. The van der Waals surface area contributed by atoms with Crippen LogP contribution in [0.5, 0.6) is 0 Å². The van der Waals surface area contributed by atoms with Crippen LogP contribution in [0.2, 0.25) is 0 Å². The highest BCUT2D eigenvalue weighted by atomic mass is 16.4. The normalized spacial score (nSPS) is 24.1. The molecule has 0 bridgehead atoms. The van der Waals surface area contributed by atoms with Crippen molar-refractivity contribution in [3.8, 4) is 0 Å². The van der Waals surface area contributed by atoms with Crippen LogP contribution in [0.15, 0.2) is 78.9 Å². The van der Waals surface area contributed by atoms with E-state index in [1.165, 1.54) is 11.3 Å². The zero-order valence-electron chi connectivity index (χ0n) is 26.8. The van der Waals surface area contributed by atoms with Crippen LogP contribution in [-0.4, -0.2) is 74.8 Å². The van der Waals surface area contributed by atoms with Crippen molar-refractivity contribution in [1.82, 2.24) is 14.7 Å². The summed E-state index contributed by atoms with van der Waals surface area (Å²) in [4.78, 5) is 63.1. The first kappa shape index (κ1) is 31.0. The Morgan fingerprint density at radius 1 is 0.681 bits per heavy atom. The third-order valence-electron chi connectivity index (χ3n) is 10.8. The lowest BCUT2D eigenvalue weighted by Gasteiger charge is -2.41. The fraction of sp³-hybridized carbons (Fsp3) is 0.421. The largest absolute Gasteiger partial charge is 0.480 e. The summed E-state index contributed by atoms with van der Waals surface area (Å²) in [5.74, 6) is -1.69. The van der Waals surface area contributed by atoms with Crippen molar-refractivity contribution in [2.24, 2.45) is 0 Å². The lowest BCUT2D eigenvalue weighted by atomic mass is 9.93. The van der Waals surface area contributed by atoms with Gasteiger partial charge in [0.1, 0.15) is 18.1 Å². The van der Waals surface area contributed by atoms with E-state index in [4.69, 9.17) is 0 Å². The van der Waals surface area contributed by atoms with Crippen LogP contribution >= 0.6 is 0 Å². The molecule has 0 aromatic heterocycles. The van der Waals surface area contributed by atoms with E-state index in [-0.39, 0.29) is 42.9 Å². The highest BCUT2D eigenvalue weighted by Crippen LogP contribution is 2.42. The van der Waals surface area contributed by atoms with E-state index in [1.807, 2.05) is 90.8 Å². The van der Waals surface area contributed by atoms with Crippen molar-refractivity contribution < 1.29 is 24.3 Å². The molecule has 7 rings (SSSR count). The van der Waals surface area contributed by atoms with Gasteiger partial charge in [-0.2, -0.15) is 0 Å². The molecule has 9 heteroatoms. The first-order chi connectivity index (χ1) is 22.8. The maximum absolute atomic E-state index is 15.1. The Balaban J connectivity index is 1.24. The number of hydrogen-bond acceptors (Lipinski definition) is 4. The molecule has 1 aliphatic carbocycles. The molecule has 3 aliphatic heterocycles. The number of rotatable bonds is 5. The smallest absolute Gasteiger partial charge is 0.326 e. The monoisotopic (exact) mass is 634 g/mol. The van der Waals surface area contributed by atoms with Gasteiger partial charge in [0.05, 0.1) is 6.04 Å². The minimum atomic E-state index is -1.06. The lowest BCUT2D eigenvalue weighted by molar-refractivity contribution is -0.155. The summed E-state index contributed by atoms with van der Waals surface area (Å²) in [7, 11) is 1.84. The number of nitrogens with zero attached hydrogens (tertiary/aromatic N) is 4. The van der Waals surface area contributed by atoms with Crippen LogP contribution in [0.25, 0.3) is 0 Å². The number of fused-ring (bicyclic) bond motifs is 2. The van der Waals surface area contributed by atoms with Crippen molar-refractivity contribution in [3.63, 3.8) is 0 Å². The van der Waals surface area contributed by atoms with E-state index in [9.17, 15) is 19.5 Å². The minimum absolute atomic E-state index is 0.118. The molecule has 4 amide bonds. The van der Waals surface area contributed by atoms with E-state index in [2.05, 4.69) is 0 Å². The van der Waals surface area contributed by atoms with Gasteiger partial charge in [0.15, 0.2) is 0 Å². The van der Waals surface area contributed by atoms with E-state index in [0.717, 1.165) is 53.6 Å². The van der Waals surface area contributed by atoms with Crippen LogP contribution in [0.1, 0.15) is 73.2 Å². The second-order valence-electron chi connectivity index (χ2n) is 13.5. The van der Waals surface area contributed by atoms with Gasteiger partial charge < -0.3 is 19.8 Å². The predicted molar refractivity (Wildman–Crippen MR) is 178 cm³/mol. The quantitative estimate of drug-likeness (QED) is 0.396. The van der Waals surface area contributed by atoms with Gasteiger partial charge in [0.25, 0.3) is 0 Å². The van der Waals surface area contributed by atoms with E-state index >= 15 is 4.79 Å². The van der Waals surface area contributed by atoms with Gasteiger partial charge >= 0.3 is 12.0 Å². The maximum atomic E-state index is 15.1. The topological polar surface area (TPSA) is 101 Å². The summed E-state index contributed by atoms with van der Waals surface area (Å²) >= 11 is 0. The molecule has 1 saturated carbocycles. The first-order valence-electron chi connectivity index (χ1n) is 16.9. The van der Waals surface area contributed by atoms with Gasteiger partial charge in [-0.25, -0.2) is 9.59 Å². The van der Waals surface area contributed by atoms with Gasteiger partial charge in [0, 0.05) is 38.2 Å². The van der Waals surface area contributed by atoms with Crippen LogP contribution in [0.3, 0.4) is 0 Å². The van der Waals surface area contributed by atoms with E-state index < -0.39 is 24.1 Å². The number of aliphatic carboxylic acids is 1. The summed E-state index contributed by atoms with van der Waals surface area (Å²) in [5, 5.41) is 10.2. The summed E-state index contributed by atoms with van der Waals surface area (Å²) < 4.78 is 0. The SMILES string of the molecule is CN(C(=O)N1c2ccccc2C[C@@H]1C(=O)N1[C@@H](C(=O)N2Cc3ccccc3C[C@@H]2C(=O)O)CC[C@H]1c1ccccc1)C1CCCCC1. The molecule has 4 atom stereocenters. The number of likely N-dealkylation sites (tertiary alicyclic amines) is 1. The molecule has 1 saturated heterocycles. The average molecular weight is 635 g/mol. The number of hydrogen-bond donors (Lipinski definition) is 1. The Kier molecular flexibility index (Phi) is 8.47. The second-order valence-corrected chi connectivity index (χ2v) is 13.5. The highest BCUT2D eigenvalue weighted by molar-refractivity contribution is 6.04. The zero-order valence-corrected chi connectivity index (χ0v) is 26.8. The third-order valence-corrected chi connectivity index (χ3v) is 10.8. The number of carbonyl (C=O) groups is 4. The van der Waals surface area contributed by atoms with Gasteiger partial charge in [-0.15, -0.1) is 0 Å². The highest BCUT2D eigenvalue weighted by Gasteiger charge is 2.50. The van der Waals surface area contributed by atoms with Crippen LogP contribution in [0, 0.1) is 0 Å². The molecule has 1 N–H and O–H groups in total. The zero-order chi connectivity index (χ0) is 32.7.